The van der Waals surface area contributed by atoms with E-state index >= 15 is 0 Å². The van der Waals surface area contributed by atoms with Gasteiger partial charge in [0.1, 0.15) is 6.10 Å². The molecule has 0 N–H and O–H groups in total. The van der Waals surface area contributed by atoms with Crippen LogP contribution in [0, 0.1) is 12.8 Å². The molecule has 0 radical (unpaired) electrons. The van der Waals surface area contributed by atoms with E-state index in [2.05, 4.69) is 9.88 Å². The summed E-state index contributed by atoms with van der Waals surface area (Å²) in [6, 6.07) is 5.90. The summed E-state index contributed by atoms with van der Waals surface area (Å²) in [4.78, 5) is 19.4. The number of hydrogen-bond donors (Lipinski definition) is 0. The van der Waals surface area contributed by atoms with Crippen molar-refractivity contribution in [2.24, 2.45) is 5.92 Å². The molecule has 3 aliphatic rings. The van der Waals surface area contributed by atoms with Gasteiger partial charge in [0.15, 0.2) is 0 Å². The molecule has 2 aliphatic heterocycles. The van der Waals surface area contributed by atoms with Gasteiger partial charge in [-0.15, -0.1) is 0 Å². The molecule has 1 aromatic rings. The van der Waals surface area contributed by atoms with Gasteiger partial charge in [0, 0.05) is 43.6 Å². The van der Waals surface area contributed by atoms with Crippen molar-refractivity contribution in [3.05, 3.63) is 23.9 Å². The maximum absolute atomic E-state index is 12.8. The lowest BCUT2D eigenvalue weighted by molar-refractivity contribution is -0.155. The molecule has 3 fully saturated rings. The number of aromatic nitrogens is 1. The van der Waals surface area contributed by atoms with E-state index in [9.17, 15) is 4.79 Å². The highest BCUT2D eigenvalue weighted by Crippen LogP contribution is 2.37. The molecular weight excluding hydrogens is 340 g/mol. The van der Waals surface area contributed by atoms with E-state index in [-0.39, 0.29) is 17.6 Å². The van der Waals surface area contributed by atoms with Gasteiger partial charge in [0.05, 0.1) is 12.2 Å². The number of piperidine rings is 1. The van der Waals surface area contributed by atoms with Gasteiger partial charge in [-0.2, -0.15) is 0 Å². The summed E-state index contributed by atoms with van der Waals surface area (Å²) in [5.41, 5.74) is 0.847. The fraction of sp³-hybridized carbons (Fsp3) is 0.727. The number of rotatable bonds is 3. The highest BCUT2D eigenvalue weighted by atomic mass is 16.5. The van der Waals surface area contributed by atoms with E-state index in [1.807, 2.05) is 25.1 Å². The number of hydrogen-bond acceptors (Lipinski definition) is 4. The largest absolute Gasteiger partial charge is 0.474 e. The SMILES string of the molecule is Cc1cccc(OC2CCOC3(CCN(C(=O)C4CCCCC4)CC3)C2)n1. The lowest BCUT2D eigenvalue weighted by atomic mass is 9.82. The molecule has 1 spiro atoms. The van der Waals surface area contributed by atoms with Crippen LogP contribution in [0.5, 0.6) is 5.88 Å². The van der Waals surface area contributed by atoms with Crippen LogP contribution in [-0.4, -0.2) is 47.2 Å². The summed E-state index contributed by atoms with van der Waals surface area (Å²) >= 11 is 0. The molecule has 1 amide bonds. The van der Waals surface area contributed by atoms with E-state index < -0.39 is 0 Å². The van der Waals surface area contributed by atoms with E-state index in [4.69, 9.17) is 9.47 Å². The van der Waals surface area contributed by atoms with Crippen LogP contribution < -0.4 is 4.74 Å². The first kappa shape index (κ1) is 18.7. The first-order chi connectivity index (χ1) is 13.1. The Balaban J connectivity index is 1.32. The fourth-order valence-corrected chi connectivity index (χ4v) is 4.93. The third-order valence-electron chi connectivity index (χ3n) is 6.54. The van der Waals surface area contributed by atoms with Crippen LogP contribution in [0.3, 0.4) is 0 Å². The van der Waals surface area contributed by atoms with Crippen LogP contribution in [-0.2, 0) is 9.53 Å². The Morgan fingerprint density at radius 3 is 2.70 bits per heavy atom. The highest BCUT2D eigenvalue weighted by molar-refractivity contribution is 5.79. The molecule has 0 bridgehead atoms. The summed E-state index contributed by atoms with van der Waals surface area (Å²) in [6.07, 6.45) is 9.67. The zero-order chi connectivity index (χ0) is 18.7. The summed E-state index contributed by atoms with van der Waals surface area (Å²) in [5.74, 6) is 1.36. The van der Waals surface area contributed by atoms with Gasteiger partial charge in [0.2, 0.25) is 11.8 Å². The van der Waals surface area contributed by atoms with Gasteiger partial charge in [-0.1, -0.05) is 25.3 Å². The number of aryl methyl sites for hydroxylation is 1. The number of carbonyl (C=O) groups excluding carboxylic acids is 1. The van der Waals surface area contributed by atoms with Crippen molar-refractivity contribution >= 4 is 5.91 Å². The topological polar surface area (TPSA) is 51.7 Å². The third-order valence-corrected chi connectivity index (χ3v) is 6.54. The maximum atomic E-state index is 12.8. The minimum absolute atomic E-state index is 0.129. The molecule has 148 valence electrons. The van der Waals surface area contributed by atoms with Gasteiger partial charge in [0.25, 0.3) is 0 Å². The predicted octanol–water partition coefficient (Wildman–Crippen LogP) is 3.89. The molecule has 3 heterocycles. The van der Waals surface area contributed by atoms with Crippen LogP contribution in [0.2, 0.25) is 0 Å². The average molecular weight is 373 g/mol. The number of ether oxygens (including phenoxy) is 2. The van der Waals surface area contributed by atoms with Crippen LogP contribution >= 0.6 is 0 Å². The molecule has 4 rings (SSSR count). The van der Waals surface area contributed by atoms with Crippen molar-refractivity contribution in [2.75, 3.05) is 19.7 Å². The normalized spacial score (nSPS) is 26.1. The molecule has 5 heteroatoms. The molecule has 1 aromatic heterocycles. The monoisotopic (exact) mass is 372 g/mol. The van der Waals surface area contributed by atoms with Gasteiger partial charge < -0.3 is 14.4 Å². The van der Waals surface area contributed by atoms with Gasteiger partial charge in [-0.25, -0.2) is 4.98 Å². The van der Waals surface area contributed by atoms with E-state index in [1.165, 1.54) is 19.3 Å². The lowest BCUT2D eigenvalue weighted by Crippen LogP contribution is -2.53. The standard InChI is InChI=1S/C22H32N2O3/c1-17-6-5-9-20(23-17)27-19-10-15-26-22(16-19)11-13-24(14-12-22)21(25)18-7-3-2-4-8-18/h5-6,9,18-19H,2-4,7-8,10-16H2,1H3. The van der Waals surface area contributed by atoms with Crippen molar-refractivity contribution in [1.82, 2.24) is 9.88 Å². The van der Waals surface area contributed by atoms with Gasteiger partial charge in [-0.05, 0) is 38.7 Å². The Morgan fingerprint density at radius 1 is 1.19 bits per heavy atom. The minimum atomic E-state index is -0.129. The zero-order valence-corrected chi connectivity index (χ0v) is 16.5. The van der Waals surface area contributed by atoms with Crippen molar-refractivity contribution in [1.29, 1.82) is 0 Å². The number of likely N-dealkylation sites (tertiary alicyclic amines) is 1. The second-order valence-electron chi connectivity index (χ2n) is 8.54. The number of amides is 1. The number of pyridine rings is 1. The van der Waals surface area contributed by atoms with Crippen molar-refractivity contribution < 1.29 is 14.3 Å². The molecule has 5 nitrogen and oxygen atoms in total. The smallest absolute Gasteiger partial charge is 0.225 e. The molecule has 2 saturated heterocycles. The van der Waals surface area contributed by atoms with Crippen molar-refractivity contribution in [2.45, 2.75) is 76.4 Å². The Kier molecular flexibility index (Phi) is 5.67. The van der Waals surface area contributed by atoms with Crippen LogP contribution in [0.15, 0.2) is 18.2 Å². The Hall–Kier alpha value is -1.62. The summed E-state index contributed by atoms with van der Waals surface area (Å²) in [6.45, 7) is 4.36. The quantitative estimate of drug-likeness (QED) is 0.808. The molecule has 1 atom stereocenters. The second kappa shape index (κ2) is 8.17. The number of carbonyl (C=O) groups is 1. The summed E-state index contributed by atoms with van der Waals surface area (Å²) in [7, 11) is 0. The van der Waals surface area contributed by atoms with Crippen LogP contribution in [0.1, 0.15) is 63.5 Å². The molecular formula is C22H32N2O3. The summed E-state index contributed by atoms with van der Waals surface area (Å²) in [5, 5.41) is 0. The van der Waals surface area contributed by atoms with Crippen molar-refractivity contribution in [3.63, 3.8) is 0 Å². The van der Waals surface area contributed by atoms with E-state index in [0.717, 1.165) is 63.9 Å². The Labute approximate surface area is 162 Å². The first-order valence-electron chi connectivity index (χ1n) is 10.7. The fourth-order valence-electron chi connectivity index (χ4n) is 4.93. The average Bonchev–Trinajstić information content (AvgIpc) is 2.69. The lowest BCUT2D eigenvalue weighted by Gasteiger charge is -2.46. The highest BCUT2D eigenvalue weighted by Gasteiger charge is 2.42. The van der Waals surface area contributed by atoms with E-state index in [0.29, 0.717) is 11.8 Å². The van der Waals surface area contributed by atoms with Gasteiger partial charge >= 0.3 is 0 Å². The maximum Gasteiger partial charge on any atom is 0.225 e. The van der Waals surface area contributed by atoms with Crippen LogP contribution in [0.25, 0.3) is 0 Å². The molecule has 27 heavy (non-hydrogen) atoms. The molecule has 1 saturated carbocycles. The molecule has 1 unspecified atom stereocenters. The van der Waals surface area contributed by atoms with Gasteiger partial charge in [-0.3, -0.25) is 4.79 Å². The predicted molar refractivity (Wildman–Crippen MR) is 104 cm³/mol. The third kappa shape index (κ3) is 4.45. The zero-order valence-electron chi connectivity index (χ0n) is 16.5. The molecule has 0 aromatic carbocycles. The Morgan fingerprint density at radius 2 is 1.96 bits per heavy atom. The second-order valence-corrected chi connectivity index (χ2v) is 8.54. The first-order valence-corrected chi connectivity index (χ1v) is 10.7. The summed E-state index contributed by atoms with van der Waals surface area (Å²) < 4.78 is 12.4. The van der Waals surface area contributed by atoms with E-state index in [1.54, 1.807) is 0 Å². The van der Waals surface area contributed by atoms with Crippen LogP contribution in [0.4, 0.5) is 0 Å². The molecule has 1 aliphatic carbocycles. The minimum Gasteiger partial charge on any atom is -0.474 e. The number of nitrogens with zero attached hydrogens (tertiary/aromatic N) is 2. The Bertz CT molecular complexity index is 649. The van der Waals surface area contributed by atoms with Crippen molar-refractivity contribution in [3.8, 4) is 5.88 Å².